The summed E-state index contributed by atoms with van der Waals surface area (Å²) in [6.07, 6.45) is -3.51. The summed E-state index contributed by atoms with van der Waals surface area (Å²) in [4.78, 5) is 17.9. The van der Waals surface area contributed by atoms with Crippen molar-refractivity contribution in [2.45, 2.75) is 13.1 Å². The smallest absolute Gasteiger partial charge is 0.321 e. The molecule has 5 nitrogen and oxygen atoms in total. The number of hydrogen-bond donors (Lipinski definition) is 2. The Hall–Kier alpha value is -2.32. The number of nitrogens with zero attached hydrogens (tertiary/aromatic N) is 1. The van der Waals surface area contributed by atoms with E-state index in [0.29, 0.717) is 38.5 Å². The van der Waals surface area contributed by atoms with Gasteiger partial charge in [0.1, 0.15) is 37.4 Å². The van der Waals surface area contributed by atoms with Crippen molar-refractivity contribution in [2.75, 3.05) is 42.9 Å². The molecule has 1 amide bonds. The maximum atomic E-state index is 12.8. The highest BCUT2D eigenvalue weighted by atomic mass is 35.5. The second kappa shape index (κ2) is 8.36. The van der Waals surface area contributed by atoms with Crippen molar-refractivity contribution in [1.29, 1.82) is 0 Å². The van der Waals surface area contributed by atoms with Crippen molar-refractivity contribution in [1.82, 2.24) is 0 Å². The SMILES string of the molecule is Cc1cccc(NC(=O)C[NH+]2CCN(c3[nH+]cc(C(F)(F)F)cc3Cl)CC2)c1. The lowest BCUT2D eigenvalue weighted by Gasteiger charge is -2.28. The molecule has 0 bridgehead atoms. The van der Waals surface area contributed by atoms with Gasteiger partial charge in [-0.15, -0.1) is 0 Å². The Morgan fingerprint density at radius 3 is 2.61 bits per heavy atom. The Morgan fingerprint density at radius 1 is 1.29 bits per heavy atom. The van der Waals surface area contributed by atoms with Crippen molar-refractivity contribution >= 4 is 29.0 Å². The van der Waals surface area contributed by atoms with Gasteiger partial charge in [0.2, 0.25) is 0 Å². The number of anilines is 2. The zero-order valence-corrected chi connectivity index (χ0v) is 16.1. The molecular weight excluding hydrogens is 393 g/mol. The maximum absolute atomic E-state index is 12.8. The number of aryl methyl sites for hydroxylation is 1. The summed E-state index contributed by atoms with van der Waals surface area (Å²) < 4.78 is 38.3. The van der Waals surface area contributed by atoms with Crippen LogP contribution < -0.4 is 20.1 Å². The summed E-state index contributed by atoms with van der Waals surface area (Å²) in [6.45, 7) is 4.86. The Balaban J connectivity index is 1.54. The summed E-state index contributed by atoms with van der Waals surface area (Å²) in [7, 11) is 0. The predicted octanol–water partition coefficient (Wildman–Crippen LogP) is 1.82. The summed E-state index contributed by atoms with van der Waals surface area (Å²) in [6, 6.07) is 8.54. The van der Waals surface area contributed by atoms with Gasteiger partial charge >= 0.3 is 6.18 Å². The fourth-order valence-electron chi connectivity index (χ4n) is 3.25. The molecule has 2 aromatic rings. The van der Waals surface area contributed by atoms with Gasteiger partial charge < -0.3 is 10.2 Å². The first-order valence-corrected chi connectivity index (χ1v) is 9.33. The highest BCUT2D eigenvalue weighted by Crippen LogP contribution is 2.31. The minimum atomic E-state index is -4.44. The molecule has 0 aliphatic carbocycles. The van der Waals surface area contributed by atoms with Crippen molar-refractivity contribution in [3.05, 3.63) is 52.7 Å². The molecule has 1 aliphatic heterocycles. The van der Waals surface area contributed by atoms with Crippen LogP contribution >= 0.6 is 11.6 Å². The van der Waals surface area contributed by atoms with E-state index in [0.717, 1.165) is 28.4 Å². The molecule has 2 heterocycles. The average molecular weight is 415 g/mol. The number of amides is 1. The normalized spacial score (nSPS) is 15.5. The largest absolute Gasteiger partial charge is 0.419 e. The van der Waals surface area contributed by atoms with Gasteiger partial charge in [-0.1, -0.05) is 23.7 Å². The van der Waals surface area contributed by atoms with Gasteiger partial charge in [-0.05, 0) is 30.7 Å². The molecule has 0 unspecified atom stereocenters. The van der Waals surface area contributed by atoms with Crippen LogP contribution in [-0.4, -0.2) is 38.6 Å². The number of pyridine rings is 1. The van der Waals surface area contributed by atoms with Crippen LogP contribution in [0.3, 0.4) is 0 Å². The lowest BCUT2D eigenvalue weighted by Crippen LogP contribution is -3.15. The Kier molecular flexibility index (Phi) is 6.10. The second-order valence-corrected chi connectivity index (χ2v) is 7.32. The molecule has 0 saturated carbocycles. The molecule has 1 aromatic carbocycles. The van der Waals surface area contributed by atoms with Crippen LogP contribution in [0.15, 0.2) is 36.5 Å². The van der Waals surface area contributed by atoms with E-state index in [9.17, 15) is 18.0 Å². The van der Waals surface area contributed by atoms with E-state index in [-0.39, 0.29) is 10.9 Å². The highest BCUT2D eigenvalue weighted by Gasteiger charge is 2.35. The molecule has 0 spiro atoms. The van der Waals surface area contributed by atoms with E-state index in [2.05, 4.69) is 10.3 Å². The lowest BCUT2D eigenvalue weighted by atomic mass is 10.2. The minimum Gasteiger partial charge on any atom is -0.321 e. The van der Waals surface area contributed by atoms with Crippen molar-refractivity contribution in [2.24, 2.45) is 0 Å². The van der Waals surface area contributed by atoms with Crippen molar-refractivity contribution in [3.63, 3.8) is 0 Å². The summed E-state index contributed by atoms with van der Waals surface area (Å²) in [5, 5.41) is 2.93. The predicted molar refractivity (Wildman–Crippen MR) is 101 cm³/mol. The van der Waals surface area contributed by atoms with E-state index >= 15 is 0 Å². The fraction of sp³-hybridized carbons (Fsp3) is 0.368. The average Bonchev–Trinajstić information content (AvgIpc) is 2.61. The molecule has 1 aliphatic rings. The third-order valence-corrected chi connectivity index (χ3v) is 4.99. The number of piperazine rings is 1. The number of nitrogens with one attached hydrogen (secondary N) is 3. The summed E-state index contributed by atoms with van der Waals surface area (Å²) in [5.74, 6) is 0.408. The van der Waals surface area contributed by atoms with E-state index in [1.54, 1.807) is 0 Å². The number of H-pyrrole nitrogens is 1. The zero-order chi connectivity index (χ0) is 20.3. The van der Waals surface area contributed by atoms with E-state index < -0.39 is 11.7 Å². The van der Waals surface area contributed by atoms with Crippen LogP contribution in [0.2, 0.25) is 5.02 Å². The summed E-state index contributed by atoms with van der Waals surface area (Å²) in [5.41, 5.74) is 1.04. The molecule has 150 valence electrons. The molecule has 3 rings (SSSR count). The van der Waals surface area contributed by atoms with Crippen molar-refractivity contribution < 1.29 is 27.8 Å². The lowest BCUT2D eigenvalue weighted by molar-refractivity contribution is -0.892. The van der Waals surface area contributed by atoms with Crippen LogP contribution in [-0.2, 0) is 11.0 Å². The molecule has 0 radical (unpaired) electrons. The molecular formula is C19H22ClF3N4O+2. The number of hydrogen-bond acceptors (Lipinski definition) is 2. The number of halogens is 4. The number of aromatic amines is 1. The first kappa shape index (κ1) is 20.4. The number of aromatic nitrogens is 1. The number of benzene rings is 1. The number of rotatable bonds is 4. The summed E-state index contributed by atoms with van der Waals surface area (Å²) >= 11 is 6.05. The van der Waals surface area contributed by atoms with E-state index in [1.807, 2.05) is 36.1 Å². The van der Waals surface area contributed by atoms with E-state index in [4.69, 9.17) is 11.6 Å². The maximum Gasteiger partial charge on any atom is 0.419 e. The molecule has 3 N–H and O–H groups in total. The third kappa shape index (κ3) is 5.14. The molecule has 28 heavy (non-hydrogen) atoms. The van der Waals surface area contributed by atoms with Gasteiger partial charge in [0, 0.05) is 5.69 Å². The van der Waals surface area contributed by atoms with E-state index in [1.165, 1.54) is 0 Å². The molecule has 1 saturated heterocycles. The van der Waals surface area contributed by atoms with Gasteiger partial charge in [-0.25, -0.2) is 9.88 Å². The highest BCUT2D eigenvalue weighted by molar-refractivity contribution is 6.32. The van der Waals surface area contributed by atoms with Gasteiger partial charge in [-0.2, -0.15) is 13.2 Å². The Morgan fingerprint density at radius 2 is 2.00 bits per heavy atom. The Bertz CT molecular complexity index is 851. The number of alkyl halides is 3. The van der Waals surface area contributed by atoms with Crippen LogP contribution in [0.5, 0.6) is 0 Å². The van der Waals surface area contributed by atoms with Crippen LogP contribution in [0.4, 0.5) is 24.7 Å². The number of quaternary nitrogens is 1. The molecule has 1 fully saturated rings. The zero-order valence-electron chi connectivity index (χ0n) is 15.4. The van der Waals surface area contributed by atoms with Crippen LogP contribution in [0.1, 0.15) is 11.1 Å². The molecule has 1 aromatic heterocycles. The number of carbonyl (C=O) groups is 1. The monoisotopic (exact) mass is 414 g/mol. The van der Waals surface area contributed by atoms with Gasteiger partial charge in [-0.3, -0.25) is 4.79 Å². The molecule has 9 heteroatoms. The Labute approximate surface area is 166 Å². The molecule has 0 atom stereocenters. The van der Waals surface area contributed by atoms with Crippen molar-refractivity contribution in [3.8, 4) is 0 Å². The first-order chi connectivity index (χ1) is 13.2. The standard InChI is InChI=1S/C19H20ClF3N4O/c1-13-3-2-4-15(9-13)25-17(28)12-26-5-7-27(8-6-26)18-16(20)10-14(11-24-18)19(21,22)23/h2-4,9-11H,5-8,12H2,1H3,(H,25,28)/p+2. The first-order valence-electron chi connectivity index (χ1n) is 8.96. The van der Waals surface area contributed by atoms with Gasteiger partial charge in [0.15, 0.2) is 6.54 Å². The number of carbonyl (C=O) groups excluding carboxylic acids is 1. The van der Waals surface area contributed by atoms with Gasteiger partial charge in [0.05, 0.1) is 5.56 Å². The van der Waals surface area contributed by atoms with Crippen LogP contribution in [0, 0.1) is 6.92 Å². The topological polar surface area (TPSA) is 50.9 Å². The quantitative estimate of drug-likeness (QED) is 0.802. The second-order valence-electron chi connectivity index (χ2n) is 6.91. The van der Waals surface area contributed by atoms with Gasteiger partial charge in [0.25, 0.3) is 11.7 Å². The van der Waals surface area contributed by atoms with Crippen LogP contribution in [0.25, 0.3) is 0 Å². The fourth-order valence-corrected chi connectivity index (χ4v) is 3.54. The third-order valence-electron chi connectivity index (χ3n) is 4.70. The minimum absolute atomic E-state index is 0.0375.